The standard InChI is InChI=1S/C14H20N4O3S2/c1-11-15-14(21-16-11)13-5-6-17(10-12-4-3-9-22-12)7-8-18(13)23(2,19)20/h3-4,9,13H,5-8,10H2,1-2H3. The first-order chi connectivity index (χ1) is 10.9. The fraction of sp³-hybridized carbons (Fsp3) is 0.571. The van der Waals surface area contributed by atoms with Crippen molar-refractivity contribution in [3.63, 3.8) is 0 Å². The molecule has 9 heteroatoms. The van der Waals surface area contributed by atoms with E-state index in [9.17, 15) is 8.42 Å². The molecule has 23 heavy (non-hydrogen) atoms. The second-order valence-electron chi connectivity index (χ2n) is 5.71. The third kappa shape index (κ3) is 3.97. The van der Waals surface area contributed by atoms with Crippen molar-refractivity contribution in [1.29, 1.82) is 0 Å². The van der Waals surface area contributed by atoms with Gasteiger partial charge in [-0.2, -0.15) is 9.29 Å². The van der Waals surface area contributed by atoms with Crippen molar-refractivity contribution in [3.8, 4) is 0 Å². The Balaban J connectivity index is 1.80. The third-order valence-corrected chi connectivity index (χ3v) is 6.07. The minimum atomic E-state index is -3.34. The zero-order valence-corrected chi connectivity index (χ0v) is 14.8. The number of thiophene rings is 1. The number of rotatable bonds is 4. The van der Waals surface area contributed by atoms with Crippen LogP contribution in [0.1, 0.15) is 29.1 Å². The van der Waals surface area contributed by atoms with Gasteiger partial charge >= 0.3 is 0 Å². The predicted molar refractivity (Wildman–Crippen MR) is 87.5 cm³/mol. The van der Waals surface area contributed by atoms with E-state index in [1.165, 1.54) is 15.4 Å². The second kappa shape index (κ2) is 6.68. The Morgan fingerprint density at radius 2 is 2.22 bits per heavy atom. The van der Waals surface area contributed by atoms with Gasteiger partial charge in [-0.15, -0.1) is 11.3 Å². The van der Waals surface area contributed by atoms with E-state index in [0.29, 0.717) is 31.2 Å². The van der Waals surface area contributed by atoms with Crippen molar-refractivity contribution in [1.82, 2.24) is 19.3 Å². The molecule has 0 aliphatic carbocycles. The summed E-state index contributed by atoms with van der Waals surface area (Å²) >= 11 is 1.72. The van der Waals surface area contributed by atoms with Gasteiger partial charge in [0, 0.05) is 31.1 Å². The lowest BCUT2D eigenvalue weighted by molar-refractivity contribution is 0.257. The molecule has 2 aromatic rings. The molecule has 0 spiro atoms. The fourth-order valence-electron chi connectivity index (χ4n) is 2.83. The number of sulfonamides is 1. The van der Waals surface area contributed by atoms with Gasteiger partial charge in [-0.05, 0) is 24.8 Å². The lowest BCUT2D eigenvalue weighted by atomic mass is 10.2. The Bertz CT molecular complexity index is 742. The van der Waals surface area contributed by atoms with E-state index in [0.717, 1.165) is 13.1 Å². The molecule has 7 nitrogen and oxygen atoms in total. The van der Waals surface area contributed by atoms with Crippen molar-refractivity contribution in [2.24, 2.45) is 0 Å². The summed E-state index contributed by atoms with van der Waals surface area (Å²) in [5.41, 5.74) is 0. The first-order valence-electron chi connectivity index (χ1n) is 7.45. The van der Waals surface area contributed by atoms with E-state index in [4.69, 9.17) is 4.52 Å². The molecule has 3 heterocycles. The predicted octanol–water partition coefficient (Wildman–Crippen LogP) is 1.65. The molecule has 126 valence electrons. The molecular weight excluding hydrogens is 336 g/mol. The topological polar surface area (TPSA) is 79.5 Å². The van der Waals surface area contributed by atoms with Crippen LogP contribution < -0.4 is 0 Å². The molecule has 0 amide bonds. The lowest BCUT2D eigenvalue weighted by Crippen LogP contribution is -2.36. The van der Waals surface area contributed by atoms with E-state index in [2.05, 4.69) is 26.5 Å². The van der Waals surface area contributed by atoms with Gasteiger partial charge in [0.2, 0.25) is 15.9 Å². The number of hydrogen-bond donors (Lipinski definition) is 0. The van der Waals surface area contributed by atoms with Gasteiger partial charge in [0.1, 0.15) is 6.04 Å². The maximum Gasteiger partial charge on any atom is 0.245 e. The molecule has 0 radical (unpaired) electrons. The average molecular weight is 356 g/mol. The highest BCUT2D eigenvalue weighted by Gasteiger charge is 2.34. The van der Waals surface area contributed by atoms with Crippen LogP contribution in [0.3, 0.4) is 0 Å². The Hall–Kier alpha value is -1.29. The highest BCUT2D eigenvalue weighted by atomic mass is 32.2. The highest BCUT2D eigenvalue weighted by Crippen LogP contribution is 2.28. The number of hydrogen-bond acceptors (Lipinski definition) is 7. The Labute approximate surface area is 140 Å². The molecule has 3 rings (SSSR count). The number of aromatic nitrogens is 2. The second-order valence-corrected chi connectivity index (χ2v) is 8.68. The van der Waals surface area contributed by atoms with Crippen LogP contribution in [0, 0.1) is 6.92 Å². The molecule has 1 unspecified atom stereocenters. The SMILES string of the molecule is Cc1noc(C2CCN(Cc3cccs3)CCN2S(C)(=O)=O)n1. The van der Waals surface area contributed by atoms with Crippen LogP contribution in [0.2, 0.25) is 0 Å². The quantitative estimate of drug-likeness (QED) is 0.829. The van der Waals surface area contributed by atoms with E-state index in [1.54, 1.807) is 18.3 Å². The van der Waals surface area contributed by atoms with E-state index in [-0.39, 0.29) is 6.04 Å². The van der Waals surface area contributed by atoms with Crippen LogP contribution in [-0.4, -0.2) is 53.7 Å². The molecule has 0 aromatic carbocycles. The maximum atomic E-state index is 12.2. The molecule has 1 aliphatic rings. The summed E-state index contributed by atoms with van der Waals surface area (Å²) in [6.07, 6.45) is 1.87. The molecular formula is C14H20N4O3S2. The highest BCUT2D eigenvalue weighted by molar-refractivity contribution is 7.88. The number of aryl methyl sites for hydroxylation is 1. The first kappa shape index (κ1) is 16.6. The molecule has 0 N–H and O–H groups in total. The zero-order valence-electron chi connectivity index (χ0n) is 13.2. The van der Waals surface area contributed by atoms with Gasteiger partial charge in [0.15, 0.2) is 5.82 Å². The molecule has 0 bridgehead atoms. The van der Waals surface area contributed by atoms with Crippen molar-refractivity contribution >= 4 is 21.4 Å². The summed E-state index contributed by atoms with van der Waals surface area (Å²) < 4.78 is 31.1. The van der Waals surface area contributed by atoms with Crippen molar-refractivity contribution < 1.29 is 12.9 Å². The monoisotopic (exact) mass is 356 g/mol. The normalized spacial score (nSPS) is 21.4. The number of nitrogens with zero attached hydrogens (tertiary/aromatic N) is 4. The van der Waals surface area contributed by atoms with Crippen molar-refractivity contribution in [3.05, 3.63) is 34.1 Å². The molecule has 1 saturated heterocycles. The van der Waals surface area contributed by atoms with Crippen LogP contribution in [0.15, 0.2) is 22.0 Å². The summed E-state index contributed by atoms with van der Waals surface area (Å²) in [5, 5.41) is 5.85. The fourth-order valence-corrected chi connectivity index (χ4v) is 4.65. The maximum absolute atomic E-state index is 12.2. The summed E-state index contributed by atoms with van der Waals surface area (Å²) in [4.78, 5) is 7.79. The Morgan fingerprint density at radius 3 is 2.83 bits per heavy atom. The minimum absolute atomic E-state index is 0.380. The van der Waals surface area contributed by atoms with Gasteiger partial charge < -0.3 is 4.52 Å². The molecule has 1 aliphatic heterocycles. The van der Waals surface area contributed by atoms with Gasteiger partial charge in [0.05, 0.1) is 6.26 Å². The zero-order chi connectivity index (χ0) is 16.4. The van der Waals surface area contributed by atoms with Crippen molar-refractivity contribution in [2.75, 3.05) is 25.9 Å². The summed E-state index contributed by atoms with van der Waals surface area (Å²) in [6, 6.07) is 3.74. The van der Waals surface area contributed by atoms with Gasteiger partial charge in [0.25, 0.3) is 0 Å². The molecule has 0 saturated carbocycles. The summed E-state index contributed by atoms with van der Waals surface area (Å²) in [5.74, 6) is 0.902. The van der Waals surface area contributed by atoms with E-state index >= 15 is 0 Å². The average Bonchev–Trinajstić information content (AvgIpc) is 3.07. The van der Waals surface area contributed by atoms with Gasteiger partial charge in [-0.1, -0.05) is 11.2 Å². The molecule has 1 atom stereocenters. The smallest absolute Gasteiger partial charge is 0.245 e. The summed E-state index contributed by atoms with van der Waals surface area (Å²) in [7, 11) is -3.34. The Morgan fingerprint density at radius 1 is 1.39 bits per heavy atom. The van der Waals surface area contributed by atoms with Crippen LogP contribution >= 0.6 is 11.3 Å². The summed E-state index contributed by atoms with van der Waals surface area (Å²) in [6.45, 7) is 4.48. The Kier molecular flexibility index (Phi) is 4.81. The molecule has 2 aromatic heterocycles. The molecule has 1 fully saturated rings. The van der Waals surface area contributed by atoms with Crippen LogP contribution in [-0.2, 0) is 16.6 Å². The van der Waals surface area contributed by atoms with E-state index in [1.807, 2.05) is 6.07 Å². The first-order valence-corrected chi connectivity index (χ1v) is 10.2. The van der Waals surface area contributed by atoms with Crippen LogP contribution in [0.25, 0.3) is 0 Å². The minimum Gasteiger partial charge on any atom is -0.338 e. The van der Waals surface area contributed by atoms with Crippen LogP contribution in [0.5, 0.6) is 0 Å². The largest absolute Gasteiger partial charge is 0.338 e. The van der Waals surface area contributed by atoms with Crippen molar-refractivity contribution in [2.45, 2.75) is 25.9 Å². The van der Waals surface area contributed by atoms with Crippen LogP contribution in [0.4, 0.5) is 0 Å². The van der Waals surface area contributed by atoms with Gasteiger partial charge in [-0.25, -0.2) is 8.42 Å². The van der Waals surface area contributed by atoms with Gasteiger partial charge in [-0.3, -0.25) is 4.90 Å². The third-order valence-electron chi connectivity index (χ3n) is 3.92. The van der Waals surface area contributed by atoms with E-state index < -0.39 is 10.0 Å². The lowest BCUT2D eigenvalue weighted by Gasteiger charge is -2.24.